The van der Waals surface area contributed by atoms with Gasteiger partial charge in [0.15, 0.2) is 11.5 Å². The summed E-state index contributed by atoms with van der Waals surface area (Å²) < 4.78 is 11.2. The number of ether oxygens (including phenoxy) is 2. The summed E-state index contributed by atoms with van der Waals surface area (Å²) in [4.78, 5) is 2.34. The lowest BCUT2D eigenvalue weighted by Gasteiger charge is -2.19. The van der Waals surface area contributed by atoms with E-state index in [1.54, 1.807) is 7.11 Å². The van der Waals surface area contributed by atoms with Crippen LogP contribution in [0.2, 0.25) is 0 Å². The Bertz CT molecular complexity index is 365. The van der Waals surface area contributed by atoms with Gasteiger partial charge in [-0.3, -0.25) is 0 Å². The van der Waals surface area contributed by atoms with Gasteiger partial charge in [-0.1, -0.05) is 19.9 Å². The number of nitrogens with zero attached hydrogens (tertiary/aromatic N) is 1. The highest BCUT2D eigenvalue weighted by molar-refractivity contribution is 5.42. The average molecular weight is 266 g/mol. The van der Waals surface area contributed by atoms with Gasteiger partial charge in [0.2, 0.25) is 0 Å². The molecule has 1 N–H and O–H groups in total. The Labute approximate surface area is 116 Å². The molecular weight excluding hydrogens is 240 g/mol. The van der Waals surface area contributed by atoms with E-state index < -0.39 is 0 Å². The highest BCUT2D eigenvalue weighted by Gasteiger charge is 2.06. The molecule has 0 aromatic heterocycles. The fourth-order valence-corrected chi connectivity index (χ4v) is 1.97. The van der Waals surface area contributed by atoms with Crippen molar-refractivity contribution >= 4 is 0 Å². The Morgan fingerprint density at radius 3 is 2.47 bits per heavy atom. The molecular formula is C15H26N2O2. The zero-order valence-electron chi connectivity index (χ0n) is 12.5. The highest BCUT2D eigenvalue weighted by Crippen LogP contribution is 2.28. The normalized spacial score (nSPS) is 10.8. The van der Waals surface area contributed by atoms with E-state index >= 15 is 0 Å². The summed E-state index contributed by atoms with van der Waals surface area (Å²) in [6.45, 7) is 8.88. The molecule has 0 fully saturated rings. The third-order valence-electron chi connectivity index (χ3n) is 3.17. The molecule has 0 aliphatic heterocycles. The van der Waals surface area contributed by atoms with Gasteiger partial charge in [0.25, 0.3) is 0 Å². The van der Waals surface area contributed by atoms with Crippen LogP contribution in [0.4, 0.5) is 0 Å². The van der Waals surface area contributed by atoms with Gasteiger partial charge in [0.1, 0.15) is 6.61 Å². The molecule has 0 atom stereocenters. The molecule has 0 aliphatic carbocycles. The first kappa shape index (κ1) is 15.8. The predicted molar refractivity (Wildman–Crippen MR) is 79.0 cm³/mol. The molecule has 0 spiro atoms. The molecule has 0 unspecified atom stereocenters. The number of hydrogen-bond acceptors (Lipinski definition) is 4. The highest BCUT2D eigenvalue weighted by atomic mass is 16.5. The largest absolute Gasteiger partial charge is 0.493 e. The lowest BCUT2D eigenvalue weighted by atomic mass is 10.2. The van der Waals surface area contributed by atoms with Crippen LogP contribution in [0.25, 0.3) is 0 Å². The van der Waals surface area contributed by atoms with E-state index in [1.165, 1.54) is 5.56 Å². The minimum Gasteiger partial charge on any atom is -0.493 e. The third-order valence-corrected chi connectivity index (χ3v) is 3.17. The molecule has 4 heteroatoms. The SMILES string of the molecule is CCN(CC)CCOc1cc(CNC)ccc1OC. The van der Waals surface area contributed by atoms with Crippen molar-refractivity contribution in [3.8, 4) is 11.5 Å². The molecule has 0 amide bonds. The van der Waals surface area contributed by atoms with Crippen LogP contribution in [-0.2, 0) is 6.54 Å². The topological polar surface area (TPSA) is 33.7 Å². The molecule has 0 aliphatic rings. The fraction of sp³-hybridized carbons (Fsp3) is 0.600. The minimum atomic E-state index is 0.682. The van der Waals surface area contributed by atoms with Crippen molar-refractivity contribution in [2.45, 2.75) is 20.4 Å². The molecule has 0 heterocycles. The number of benzene rings is 1. The van der Waals surface area contributed by atoms with Crippen molar-refractivity contribution in [3.05, 3.63) is 23.8 Å². The molecule has 108 valence electrons. The first-order valence-corrected chi connectivity index (χ1v) is 6.91. The summed E-state index contributed by atoms with van der Waals surface area (Å²) in [5.41, 5.74) is 1.20. The number of likely N-dealkylation sites (N-methyl/N-ethyl adjacent to an activating group) is 1. The van der Waals surface area contributed by atoms with Crippen molar-refractivity contribution in [2.24, 2.45) is 0 Å². The van der Waals surface area contributed by atoms with Crippen molar-refractivity contribution in [2.75, 3.05) is 40.4 Å². The monoisotopic (exact) mass is 266 g/mol. The maximum Gasteiger partial charge on any atom is 0.161 e. The van der Waals surface area contributed by atoms with E-state index in [-0.39, 0.29) is 0 Å². The zero-order valence-corrected chi connectivity index (χ0v) is 12.5. The molecule has 1 aromatic carbocycles. The standard InChI is InChI=1S/C15H26N2O2/c1-5-17(6-2)9-10-19-15-11-13(12-16-3)7-8-14(15)18-4/h7-8,11,16H,5-6,9-10,12H2,1-4H3. The van der Waals surface area contributed by atoms with E-state index in [4.69, 9.17) is 9.47 Å². The number of hydrogen-bond donors (Lipinski definition) is 1. The molecule has 4 nitrogen and oxygen atoms in total. The van der Waals surface area contributed by atoms with Crippen LogP contribution in [0.15, 0.2) is 18.2 Å². The number of nitrogens with one attached hydrogen (secondary N) is 1. The van der Waals surface area contributed by atoms with Gasteiger partial charge in [-0.25, -0.2) is 0 Å². The lowest BCUT2D eigenvalue weighted by molar-refractivity contribution is 0.217. The van der Waals surface area contributed by atoms with Gasteiger partial charge >= 0.3 is 0 Å². The van der Waals surface area contributed by atoms with Crippen molar-refractivity contribution < 1.29 is 9.47 Å². The predicted octanol–water partition coefficient (Wildman–Crippen LogP) is 2.14. The van der Waals surface area contributed by atoms with Crippen LogP contribution >= 0.6 is 0 Å². The third kappa shape index (κ3) is 5.09. The van der Waals surface area contributed by atoms with Gasteiger partial charge < -0.3 is 19.7 Å². The van der Waals surface area contributed by atoms with Crippen molar-refractivity contribution in [3.63, 3.8) is 0 Å². The second-order valence-electron chi connectivity index (χ2n) is 4.39. The minimum absolute atomic E-state index is 0.682. The smallest absolute Gasteiger partial charge is 0.161 e. The Kier molecular flexibility index (Phi) is 7.30. The molecule has 0 bridgehead atoms. The maximum atomic E-state index is 5.85. The summed E-state index contributed by atoms with van der Waals surface area (Å²) in [5, 5.41) is 3.14. The molecule has 1 rings (SSSR count). The van der Waals surface area contributed by atoms with Gasteiger partial charge in [-0.05, 0) is 37.8 Å². The van der Waals surface area contributed by atoms with Crippen LogP contribution in [0, 0.1) is 0 Å². The summed E-state index contributed by atoms with van der Waals surface area (Å²) >= 11 is 0. The van der Waals surface area contributed by atoms with Crippen LogP contribution in [0.3, 0.4) is 0 Å². The molecule has 0 saturated heterocycles. The van der Waals surface area contributed by atoms with Crippen LogP contribution in [0.5, 0.6) is 11.5 Å². The van der Waals surface area contributed by atoms with Crippen LogP contribution < -0.4 is 14.8 Å². The van der Waals surface area contributed by atoms with E-state index in [1.807, 2.05) is 25.2 Å². The fourth-order valence-electron chi connectivity index (χ4n) is 1.97. The molecule has 0 radical (unpaired) electrons. The first-order valence-electron chi connectivity index (χ1n) is 6.91. The summed E-state index contributed by atoms with van der Waals surface area (Å²) in [5.74, 6) is 1.61. The zero-order chi connectivity index (χ0) is 14.1. The summed E-state index contributed by atoms with van der Waals surface area (Å²) in [6, 6.07) is 6.05. The first-order chi connectivity index (χ1) is 9.24. The Morgan fingerprint density at radius 2 is 1.89 bits per heavy atom. The van der Waals surface area contributed by atoms with Gasteiger partial charge in [0, 0.05) is 13.1 Å². The summed E-state index contributed by atoms with van der Waals surface area (Å²) in [7, 11) is 3.61. The second-order valence-corrected chi connectivity index (χ2v) is 4.39. The molecule has 0 saturated carbocycles. The average Bonchev–Trinajstić information content (AvgIpc) is 2.44. The van der Waals surface area contributed by atoms with E-state index in [0.717, 1.165) is 37.7 Å². The maximum absolute atomic E-state index is 5.85. The number of methoxy groups -OCH3 is 1. The number of rotatable bonds is 9. The van der Waals surface area contributed by atoms with Crippen LogP contribution in [-0.4, -0.2) is 45.3 Å². The Morgan fingerprint density at radius 1 is 1.16 bits per heavy atom. The van der Waals surface area contributed by atoms with E-state index in [0.29, 0.717) is 6.61 Å². The van der Waals surface area contributed by atoms with Crippen molar-refractivity contribution in [1.29, 1.82) is 0 Å². The van der Waals surface area contributed by atoms with Gasteiger partial charge in [0.05, 0.1) is 7.11 Å². The molecule has 1 aromatic rings. The van der Waals surface area contributed by atoms with Crippen LogP contribution in [0.1, 0.15) is 19.4 Å². The second kappa shape index (κ2) is 8.77. The van der Waals surface area contributed by atoms with Crippen molar-refractivity contribution in [1.82, 2.24) is 10.2 Å². The van der Waals surface area contributed by atoms with Gasteiger partial charge in [-0.15, -0.1) is 0 Å². The van der Waals surface area contributed by atoms with Gasteiger partial charge in [-0.2, -0.15) is 0 Å². The van der Waals surface area contributed by atoms with E-state index in [2.05, 4.69) is 24.1 Å². The summed E-state index contributed by atoms with van der Waals surface area (Å²) in [6.07, 6.45) is 0. The Hall–Kier alpha value is -1.26. The lowest BCUT2D eigenvalue weighted by Crippen LogP contribution is -2.28. The quantitative estimate of drug-likeness (QED) is 0.742. The molecule has 19 heavy (non-hydrogen) atoms. The van der Waals surface area contributed by atoms with E-state index in [9.17, 15) is 0 Å². The Balaban J connectivity index is 2.61.